The van der Waals surface area contributed by atoms with Crippen molar-refractivity contribution in [2.45, 2.75) is 32.2 Å². The summed E-state index contributed by atoms with van der Waals surface area (Å²) in [7, 11) is 0. The molecular formula is C43H41N3O11. The summed E-state index contributed by atoms with van der Waals surface area (Å²) in [4.78, 5) is 50.3. The maximum atomic E-state index is 13.2. The molecule has 0 spiro atoms. The fourth-order valence-corrected chi connectivity index (χ4v) is 5.81. The molecule has 294 valence electrons. The summed E-state index contributed by atoms with van der Waals surface area (Å²) in [6.45, 7) is -0.0318. The van der Waals surface area contributed by atoms with Gasteiger partial charge in [0.25, 0.3) is 11.8 Å². The molecule has 2 amide bonds. The fourth-order valence-electron chi connectivity index (χ4n) is 5.81. The highest BCUT2D eigenvalue weighted by molar-refractivity contribution is 5.97. The van der Waals surface area contributed by atoms with Crippen molar-refractivity contribution < 1.29 is 47.7 Å². The van der Waals surface area contributed by atoms with Crippen LogP contribution in [0, 0.1) is 10.1 Å². The van der Waals surface area contributed by atoms with Crippen molar-refractivity contribution in [2.75, 3.05) is 32.9 Å². The van der Waals surface area contributed by atoms with Gasteiger partial charge in [0.1, 0.15) is 49.4 Å². The largest absolute Gasteiger partial charge is 0.489 e. The van der Waals surface area contributed by atoms with Crippen LogP contribution in [-0.2, 0) is 22.7 Å². The number of para-hydroxylation sites is 6. The predicted octanol–water partition coefficient (Wildman–Crippen LogP) is 6.45. The molecule has 1 heterocycles. The maximum absolute atomic E-state index is 13.2. The van der Waals surface area contributed by atoms with E-state index in [2.05, 4.69) is 10.6 Å². The standard InChI is InChI=1S/C43H41N3O11/c47-41(29-56-40-22-10-5-17-35(40)46(50)51)57-32-27-54-36-18-6-1-13-30(36)25-52-38-20-8-3-15-33(38)42(48)44-23-11-12-24-45-43(49)34-16-4-9-21-39(34)53-26-31-14-2-7-19-37(31)55-28-32/h1-10,13-22,32H,11-12,23-29H2,(H,44,48)(H,45,49). The van der Waals surface area contributed by atoms with E-state index in [-0.39, 0.29) is 49.7 Å². The van der Waals surface area contributed by atoms with Crippen LogP contribution in [0.2, 0.25) is 0 Å². The zero-order chi connectivity index (χ0) is 39.8. The molecule has 14 heteroatoms. The van der Waals surface area contributed by atoms with Gasteiger partial charge in [-0.1, -0.05) is 72.8 Å². The molecule has 57 heavy (non-hydrogen) atoms. The first-order valence-electron chi connectivity index (χ1n) is 18.3. The van der Waals surface area contributed by atoms with Gasteiger partial charge >= 0.3 is 11.7 Å². The van der Waals surface area contributed by atoms with Crippen molar-refractivity contribution in [3.8, 4) is 28.7 Å². The van der Waals surface area contributed by atoms with E-state index < -0.39 is 23.6 Å². The number of benzene rings is 5. The predicted molar refractivity (Wildman–Crippen MR) is 208 cm³/mol. The molecule has 0 bridgehead atoms. The van der Waals surface area contributed by atoms with Crippen LogP contribution in [0.5, 0.6) is 28.7 Å². The van der Waals surface area contributed by atoms with Gasteiger partial charge in [0.05, 0.1) is 16.1 Å². The Labute approximate surface area is 328 Å². The lowest BCUT2D eigenvalue weighted by Gasteiger charge is -2.21. The van der Waals surface area contributed by atoms with Gasteiger partial charge < -0.3 is 39.1 Å². The first kappa shape index (κ1) is 39.6. The van der Waals surface area contributed by atoms with E-state index in [1.807, 2.05) is 24.3 Å². The van der Waals surface area contributed by atoms with Crippen molar-refractivity contribution in [2.24, 2.45) is 0 Å². The van der Waals surface area contributed by atoms with Gasteiger partial charge in [-0.25, -0.2) is 4.79 Å². The Hall–Kier alpha value is -7.09. The number of hydrogen-bond donors (Lipinski definition) is 2. The molecule has 0 radical (unpaired) electrons. The van der Waals surface area contributed by atoms with E-state index in [0.717, 1.165) is 0 Å². The molecule has 2 N–H and O–H groups in total. The summed E-state index contributed by atoms with van der Waals surface area (Å²) in [6, 6.07) is 33.8. The molecule has 0 saturated heterocycles. The van der Waals surface area contributed by atoms with Crippen LogP contribution in [0.1, 0.15) is 44.7 Å². The molecule has 0 saturated carbocycles. The number of ether oxygens (including phenoxy) is 6. The number of hydrogen-bond acceptors (Lipinski definition) is 11. The van der Waals surface area contributed by atoms with Crippen LogP contribution in [0.15, 0.2) is 121 Å². The number of carbonyl (C=O) groups is 3. The molecule has 1 aliphatic heterocycles. The second-order valence-electron chi connectivity index (χ2n) is 12.8. The van der Waals surface area contributed by atoms with E-state index in [9.17, 15) is 24.5 Å². The van der Waals surface area contributed by atoms with Crippen LogP contribution in [-0.4, -0.2) is 61.7 Å². The minimum Gasteiger partial charge on any atom is -0.489 e. The third-order valence-electron chi connectivity index (χ3n) is 8.70. The third-order valence-corrected chi connectivity index (χ3v) is 8.70. The van der Waals surface area contributed by atoms with E-state index >= 15 is 0 Å². The topological polar surface area (TPSA) is 174 Å². The summed E-state index contributed by atoms with van der Waals surface area (Å²) >= 11 is 0. The van der Waals surface area contributed by atoms with Crippen LogP contribution in [0.4, 0.5) is 5.69 Å². The van der Waals surface area contributed by atoms with Crippen molar-refractivity contribution in [3.63, 3.8) is 0 Å². The van der Waals surface area contributed by atoms with Gasteiger partial charge in [0.2, 0.25) is 0 Å². The normalized spacial score (nSPS) is 14.5. The van der Waals surface area contributed by atoms with E-state index in [1.54, 1.807) is 78.9 Å². The number of nitro groups is 1. The van der Waals surface area contributed by atoms with E-state index in [4.69, 9.17) is 28.4 Å². The molecule has 0 atom stereocenters. The lowest BCUT2D eigenvalue weighted by Crippen LogP contribution is -2.33. The molecule has 0 unspecified atom stereocenters. The Morgan fingerprint density at radius 1 is 0.632 bits per heavy atom. The van der Waals surface area contributed by atoms with Gasteiger partial charge in [-0.3, -0.25) is 19.7 Å². The highest BCUT2D eigenvalue weighted by Crippen LogP contribution is 2.28. The molecular weight excluding hydrogens is 734 g/mol. The summed E-state index contributed by atoms with van der Waals surface area (Å²) < 4.78 is 35.9. The van der Waals surface area contributed by atoms with Crippen molar-refractivity contribution >= 4 is 23.5 Å². The Morgan fingerprint density at radius 3 is 1.61 bits per heavy atom. The summed E-state index contributed by atoms with van der Waals surface area (Å²) in [5.74, 6) is 0.140. The number of nitrogens with zero attached hydrogens (tertiary/aromatic N) is 1. The van der Waals surface area contributed by atoms with Gasteiger partial charge in [0, 0.05) is 30.3 Å². The highest BCUT2D eigenvalue weighted by atomic mass is 16.6. The number of carbonyl (C=O) groups excluding carboxylic acids is 3. The summed E-state index contributed by atoms with van der Waals surface area (Å²) in [5.41, 5.74) is 1.75. The van der Waals surface area contributed by atoms with Crippen LogP contribution in [0.25, 0.3) is 0 Å². The first-order chi connectivity index (χ1) is 27.9. The second-order valence-corrected chi connectivity index (χ2v) is 12.8. The number of nitrogens with one attached hydrogen (secondary N) is 2. The molecule has 6 rings (SSSR count). The molecule has 0 fully saturated rings. The molecule has 0 aromatic heterocycles. The molecule has 5 aromatic rings. The fraction of sp³-hybridized carbons (Fsp3) is 0.233. The smallest absolute Gasteiger partial charge is 0.344 e. The number of amides is 2. The average Bonchev–Trinajstić information content (AvgIpc) is 3.24. The molecule has 14 nitrogen and oxygen atoms in total. The second kappa shape index (κ2) is 20.0. The van der Waals surface area contributed by atoms with Crippen LogP contribution in [0.3, 0.4) is 0 Å². The van der Waals surface area contributed by atoms with Gasteiger partial charge in [-0.15, -0.1) is 0 Å². The summed E-state index contributed by atoms with van der Waals surface area (Å²) in [5, 5.41) is 17.3. The third kappa shape index (κ3) is 11.2. The highest BCUT2D eigenvalue weighted by Gasteiger charge is 2.22. The molecule has 1 aliphatic rings. The minimum atomic E-state index is -0.988. The molecule has 5 aromatic carbocycles. The van der Waals surface area contributed by atoms with Crippen molar-refractivity contribution in [3.05, 3.63) is 154 Å². The quantitative estimate of drug-likeness (QED) is 0.114. The lowest BCUT2D eigenvalue weighted by molar-refractivity contribution is -0.385. The number of rotatable bonds is 5. The van der Waals surface area contributed by atoms with Gasteiger partial charge in [-0.05, 0) is 55.3 Å². The Bertz CT molecular complexity index is 2060. The number of esters is 1. The Balaban J connectivity index is 1.24. The van der Waals surface area contributed by atoms with Crippen molar-refractivity contribution in [1.82, 2.24) is 10.6 Å². The average molecular weight is 776 g/mol. The summed E-state index contributed by atoms with van der Waals surface area (Å²) in [6.07, 6.45) is 0.277. The maximum Gasteiger partial charge on any atom is 0.344 e. The first-order valence-corrected chi connectivity index (χ1v) is 18.3. The van der Waals surface area contributed by atoms with Crippen LogP contribution >= 0.6 is 0 Å². The van der Waals surface area contributed by atoms with Crippen LogP contribution < -0.4 is 34.3 Å². The molecule has 0 aliphatic carbocycles. The van der Waals surface area contributed by atoms with Gasteiger partial charge in [0.15, 0.2) is 18.5 Å². The SMILES string of the molecule is O=C(COc1ccccc1[N+](=O)[O-])OC1COc2ccccc2COc2ccccc2C(=O)NCCCCNC(=O)c2ccccc2OCc2ccccc2OC1. The van der Waals surface area contributed by atoms with Gasteiger partial charge in [-0.2, -0.15) is 0 Å². The monoisotopic (exact) mass is 775 g/mol. The zero-order valence-corrected chi connectivity index (χ0v) is 30.9. The van der Waals surface area contributed by atoms with Crippen molar-refractivity contribution in [1.29, 1.82) is 0 Å². The Morgan fingerprint density at radius 2 is 1.09 bits per heavy atom. The van der Waals surface area contributed by atoms with E-state index in [0.29, 0.717) is 71.2 Å². The number of nitro benzene ring substituents is 1. The zero-order valence-electron chi connectivity index (χ0n) is 30.9. The minimum absolute atomic E-state index is 0.0561. The Kier molecular flexibility index (Phi) is 13.9. The lowest BCUT2D eigenvalue weighted by atomic mass is 10.1. The number of fused-ring (bicyclic) bond motifs is 4. The van der Waals surface area contributed by atoms with E-state index in [1.165, 1.54) is 18.2 Å².